The first-order valence-corrected chi connectivity index (χ1v) is 7.79. The van der Waals surface area contributed by atoms with Crippen LogP contribution in [0.25, 0.3) is 10.2 Å². The number of hydrogen-bond donors (Lipinski definition) is 1. The predicted octanol–water partition coefficient (Wildman–Crippen LogP) is 2.01. The minimum atomic E-state index is -0.0575. The molecule has 0 radical (unpaired) electrons. The van der Waals surface area contributed by atoms with Crippen LogP contribution in [0.2, 0.25) is 0 Å². The van der Waals surface area contributed by atoms with E-state index in [2.05, 4.69) is 11.0 Å². The molecule has 1 aliphatic rings. The average molecular weight is 302 g/mol. The van der Waals surface area contributed by atoms with Crippen LogP contribution in [0.3, 0.4) is 0 Å². The molecule has 3 rings (SSSR count). The lowest BCUT2D eigenvalue weighted by molar-refractivity contribution is 0.0775. The van der Waals surface area contributed by atoms with Gasteiger partial charge in [0.05, 0.1) is 23.3 Å². The quantitative estimate of drug-likeness (QED) is 0.879. The van der Waals surface area contributed by atoms with Crippen molar-refractivity contribution in [1.82, 2.24) is 14.7 Å². The molecule has 0 aliphatic heterocycles. The number of fused-ring (bicyclic) bond motifs is 1. The Morgan fingerprint density at radius 1 is 1.62 bits per heavy atom. The molecule has 110 valence electrons. The molecule has 2 aromatic heterocycles. The van der Waals surface area contributed by atoms with E-state index in [1.165, 1.54) is 24.2 Å². The maximum atomic E-state index is 12.7. The molecule has 21 heavy (non-hydrogen) atoms. The van der Waals surface area contributed by atoms with Crippen molar-refractivity contribution in [1.29, 1.82) is 0 Å². The highest BCUT2D eigenvalue weighted by molar-refractivity contribution is 7.21. The van der Waals surface area contributed by atoms with Crippen molar-refractivity contribution in [2.75, 3.05) is 18.8 Å². The normalized spacial score (nSPS) is 14.3. The van der Waals surface area contributed by atoms with Crippen LogP contribution in [-0.2, 0) is 7.05 Å². The first kappa shape index (κ1) is 14.0. The number of nitrogen functional groups attached to an aromatic ring is 1. The van der Waals surface area contributed by atoms with Crippen molar-refractivity contribution in [2.24, 2.45) is 13.0 Å². The summed E-state index contributed by atoms with van der Waals surface area (Å²) >= 11 is 1.40. The monoisotopic (exact) mass is 302 g/mol. The van der Waals surface area contributed by atoms with Gasteiger partial charge in [0.15, 0.2) is 0 Å². The molecule has 2 heterocycles. The third-order valence-corrected chi connectivity index (χ3v) is 5.08. The summed E-state index contributed by atoms with van der Waals surface area (Å²) in [7, 11) is 1.86. The molecule has 1 saturated carbocycles. The van der Waals surface area contributed by atoms with Crippen LogP contribution in [0.15, 0.2) is 0 Å². The highest BCUT2D eigenvalue weighted by Crippen LogP contribution is 2.37. The number of hydrogen-bond acceptors (Lipinski definition) is 4. The first-order valence-electron chi connectivity index (χ1n) is 6.97. The van der Waals surface area contributed by atoms with Gasteiger partial charge in [-0.3, -0.25) is 9.48 Å². The number of anilines is 1. The smallest absolute Gasteiger partial charge is 0.266 e. The Bertz CT molecular complexity index is 748. The molecule has 1 aliphatic carbocycles. The number of terminal acetylenes is 1. The summed E-state index contributed by atoms with van der Waals surface area (Å²) in [5.41, 5.74) is 7.58. The van der Waals surface area contributed by atoms with E-state index in [0.29, 0.717) is 23.0 Å². The van der Waals surface area contributed by atoms with Crippen LogP contribution in [0, 0.1) is 25.2 Å². The van der Waals surface area contributed by atoms with E-state index in [0.717, 1.165) is 22.5 Å². The number of thiophene rings is 1. The molecule has 1 fully saturated rings. The Morgan fingerprint density at radius 2 is 2.33 bits per heavy atom. The first-order chi connectivity index (χ1) is 10.0. The van der Waals surface area contributed by atoms with Gasteiger partial charge in [0, 0.05) is 13.6 Å². The fourth-order valence-electron chi connectivity index (χ4n) is 2.57. The Balaban J connectivity index is 1.98. The molecule has 0 atom stereocenters. The SMILES string of the molecule is C#CCN(CC1CC1)C(=O)c1sc2c(c(C)nn2C)c1N. The van der Waals surface area contributed by atoms with Gasteiger partial charge >= 0.3 is 0 Å². The summed E-state index contributed by atoms with van der Waals surface area (Å²) in [6, 6.07) is 0. The fraction of sp³-hybridized carbons (Fsp3) is 0.467. The molecule has 0 aromatic carbocycles. The molecule has 2 aromatic rings. The zero-order chi connectivity index (χ0) is 15.1. The van der Waals surface area contributed by atoms with Gasteiger partial charge < -0.3 is 10.6 Å². The summed E-state index contributed by atoms with van der Waals surface area (Å²) in [6.07, 6.45) is 7.76. The van der Waals surface area contributed by atoms with Crippen molar-refractivity contribution in [3.63, 3.8) is 0 Å². The summed E-state index contributed by atoms with van der Waals surface area (Å²) < 4.78 is 1.77. The number of carbonyl (C=O) groups is 1. The van der Waals surface area contributed by atoms with E-state index in [1.807, 2.05) is 14.0 Å². The Kier molecular flexibility index (Phi) is 3.38. The predicted molar refractivity (Wildman–Crippen MR) is 85.2 cm³/mol. The molecular formula is C15H18N4OS. The maximum Gasteiger partial charge on any atom is 0.266 e. The second-order valence-corrected chi connectivity index (χ2v) is 6.57. The van der Waals surface area contributed by atoms with Crippen molar-refractivity contribution in [2.45, 2.75) is 19.8 Å². The minimum absolute atomic E-state index is 0.0575. The number of aryl methyl sites for hydroxylation is 2. The minimum Gasteiger partial charge on any atom is -0.397 e. The number of carbonyl (C=O) groups excluding carboxylic acids is 1. The lowest BCUT2D eigenvalue weighted by Crippen LogP contribution is -2.33. The van der Waals surface area contributed by atoms with Crippen LogP contribution in [-0.4, -0.2) is 33.7 Å². The summed E-state index contributed by atoms with van der Waals surface area (Å²) in [6.45, 7) is 2.97. The van der Waals surface area contributed by atoms with Crippen LogP contribution in [0.1, 0.15) is 28.2 Å². The Hall–Kier alpha value is -2.00. The van der Waals surface area contributed by atoms with Crippen molar-refractivity contribution >= 4 is 33.1 Å². The standard InChI is InChI=1S/C15H18N4OS/c1-4-7-19(8-10-5-6-10)14(20)13-12(16)11-9(2)17-18(3)15(11)21-13/h1,10H,5-8,16H2,2-3H3. The summed E-state index contributed by atoms with van der Waals surface area (Å²) in [5.74, 6) is 3.11. The fourth-order valence-corrected chi connectivity index (χ4v) is 3.73. The third-order valence-electron chi connectivity index (χ3n) is 3.82. The summed E-state index contributed by atoms with van der Waals surface area (Å²) in [4.78, 5) is 16.0. The number of amides is 1. The second-order valence-electron chi connectivity index (χ2n) is 5.57. The highest BCUT2D eigenvalue weighted by Gasteiger charge is 2.29. The van der Waals surface area contributed by atoms with E-state index < -0.39 is 0 Å². The molecule has 0 unspecified atom stereocenters. The van der Waals surface area contributed by atoms with Gasteiger partial charge in [0.1, 0.15) is 9.71 Å². The maximum absolute atomic E-state index is 12.7. The lowest BCUT2D eigenvalue weighted by Gasteiger charge is -2.19. The molecule has 0 spiro atoms. The molecule has 2 N–H and O–H groups in total. The van der Waals surface area contributed by atoms with E-state index in [-0.39, 0.29) is 5.91 Å². The Labute approximate surface area is 127 Å². The molecule has 1 amide bonds. The van der Waals surface area contributed by atoms with Crippen LogP contribution in [0.4, 0.5) is 5.69 Å². The highest BCUT2D eigenvalue weighted by atomic mass is 32.1. The number of nitrogens with zero attached hydrogens (tertiary/aromatic N) is 3. The van der Waals surface area contributed by atoms with Crippen LogP contribution in [0.5, 0.6) is 0 Å². The number of rotatable bonds is 4. The zero-order valence-corrected chi connectivity index (χ0v) is 13.0. The van der Waals surface area contributed by atoms with Gasteiger partial charge in [0.2, 0.25) is 0 Å². The van der Waals surface area contributed by atoms with Crippen LogP contribution < -0.4 is 5.73 Å². The number of nitrogens with two attached hydrogens (primary N) is 1. The molecule has 0 saturated heterocycles. The van der Waals surface area contributed by atoms with Gasteiger partial charge in [-0.25, -0.2) is 0 Å². The second kappa shape index (κ2) is 5.08. The van der Waals surface area contributed by atoms with Gasteiger partial charge in [-0.05, 0) is 25.7 Å². The molecule has 0 bridgehead atoms. The summed E-state index contributed by atoms with van der Waals surface area (Å²) in [5, 5.41) is 5.23. The number of aromatic nitrogens is 2. The average Bonchev–Trinajstić information content (AvgIpc) is 3.12. The van der Waals surface area contributed by atoms with Crippen molar-refractivity contribution < 1.29 is 4.79 Å². The Morgan fingerprint density at radius 3 is 2.90 bits per heavy atom. The van der Waals surface area contributed by atoms with Crippen LogP contribution >= 0.6 is 11.3 Å². The molecular weight excluding hydrogens is 284 g/mol. The van der Waals surface area contributed by atoms with E-state index in [4.69, 9.17) is 12.2 Å². The molecule has 6 heteroatoms. The van der Waals surface area contributed by atoms with E-state index >= 15 is 0 Å². The van der Waals surface area contributed by atoms with Crippen molar-refractivity contribution in [3.8, 4) is 12.3 Å². The van der Waals surface area contributed by atoms with Crippen molar-refractivity contribution in [3.05, 3.63) is 10.6 Å². The molecule has 5 nitrogen and oxygen atoms in total. The third kappa shape index (κ3) is 2.38. The zero-order valence-electron chi connectivity index (χ0n) is 12.2. The van der Waals surface area contributed by atoms with E-state index in [9.17, 15) is 4.79 Å². The lowest BCUT2D eigenvalue weighted by atomic mass is 10.2. The van der Waals surface area contributed by atoms with Gasteiger partial charge in [0.25, 0.3) is 5.91 Å². The largest absolute Gasteiger partial charge is 0.397 e. The van der Waals surface area contributed by atoms with Gasteiger partial charge in [-0.15, -0.1) is 17.8 Å². The topological polar surface area (TPSA) is 64.2 Å². The van der Waals surface area contributed by atoms with E-state index in [1.54, 1.807) is 9.58 Å². The van der Waals surface area contributed by atoms with Gasteiger partial charge in [-0.2, -0.15) is 5.10 Å². The van der Waals surface area contributed by atoms with Gasteiger partial charge in [-0.1, -0.05) is 5.92 Å².